The number of fused-ring (bicyclic) bond motifs is 2. The van der Waals surface area contributed by atoms with E-state index >= 15 is 0 Å². The minimum Gasteiger partial charge on any atom is -0.368 e. The summed E-state index contributed by atoms with van der Waals surface area (Å²) in [6, 6.07) is 17.7. The molecule has 21 heavy (non-hydrogen) atoms. The molecule has 2 aromatic carbocycles. The molecule has 2 nitrogen and oxygen atoms in total. The number of hydrogen-bond donors (Lipinski definition) is 0. The Hall–Kier alpha value is -1.64. The van der Waals surface area contributed by atoms with E-state index in [-0.39, 0.29) is 32.7 Å². The van der Waals surface area contributed by atoms with Crippen LogP contribution in [-0.2, 0) is 32.7 Å². The van der Waals surface area contributed by atoms with E-state index in [1.807, 2.05) is 36.7 Å². The third kappa shape index (κ3) is 2.62. The van der Waals surface area contributed by atoms with E-state index in [4.69, 9.17) is 0 Å². The molecule has 0 fully saturated rings. The number of pyridine rings is 2. The van der Waals surface area contributed by atoms with Gasteiger partial charge >= 0.3 is 0 Å². The van der Waals surface area contributed by atoms with Gasteiger partial charge in [-0.2, -0.15) is 23.3 Å². The molecule has 0 aliphatic heterocycles. The van der Waals surface area contributed by atoms with E-state index in [1.165, 1.54) is 0 Å². The molecule has 2 heterocycles. The van der Waals surface area contributed by atoms with Crippen LogP contribution in [0.2, 0.25) is 0 Å². The van der Waals surface area contributed by atoms with E-state index in [2.05, 4.69) is 40.4 Å². The Labute approximate surface area is 148 Å². The van der Waals surface area contributed by atoms with Crippen LogP contribution < -0.4 is 0 Å². The quantitative estimate of drug-likeness (QED) is 0.488. The summed E-state index contributed by atoms with van der Waals surface area (Å²) < 4.78 is 0. The fourth-order valence-corrected chi connectivity index (χ4v) is 2.43. The molecule has 0 unspecified atom stereocenters. The number of benzene rings is 2. The molecule has 0 N–H and O–H groups in total. The fourth-order valence-electron chi connectivity index (χ4n) is 2.43. The largest absolute Gasteiger partial charge is 0.368 e. The topological polar surface area (TPSA) is 25.8 Å². The molecule has 2 aromatic heterocycles. The summed E-state index contributed by atoms with van der Waals surface area (Å²) in [5, 5.41) is 4.40. The van der Waals surface area contributed by atoms with Crippen molar-refractivity contribution >= 4 is 21.5 Å². The SMILES string of the molecule is [Y].[c-]1ncc2ccccc2c1-c1[c-]c2ccncc2cc1. The number of rotatable bonds is 1. The summed E-state index contributed by atoms with van der Waals surface area (Å²) in [6.45, 7) is 0. The van der Waals surface area contributed by atoms with Gasteiger partial charge in [0.1, 0.15) is 0 Å². The third-order valence-electron chi connectivity index (χ3n) is 3.43. The Balaban J connectivity index is 0.00000132. The van der Waals surface area contributed by atoms with Gasteiger partial charge in [0.05, 0.1) is 0 Å². The second-order valence-electron chi connectivity index (χ2n) is 4.67. The zero-order chi connectivity index (χ0) is 13.4. The zero-order valence-electron chi connectivity index (χ0n) is 11.2. The van der Waals surface area contributed by atoms with Crippen LogP contribution in [0.4, 0.5) is 0 Å². The van der Waals surface area contributed by atoms with Gasteiger partial charge in [-0.1, -0.05) is 41.4 Å². The van der Waals surface area contributed by atoms with Crippen LogP contribution in [0.1, 0.15) is 0 Å². The van der Waals surface area contributed by atoms with E-state index in [1.54, 1.807) is 6.20 Å². The Morgan fingerprint density at radius 3 is 2.71 bits per heavy atom. The molecule has 4 aromatic rings. The first-order valence-corrected chi connectivity index (χ1v) is 6.44. The van der Waals surface area contributed by atoms with Crippen molar-refractivity contribution in [2.75, 3.05) is 0 Å². The van der Waals surface area contributed by atoms with E-state index in [9.17, 15) is 0 Å². The predicted molar refractivity (Wildman–Crippen MR) is 80.2 cm³/mol. The van der Waals surface area contributed by atoms with Gasteiger partial charge in [-0.05, 0) is 12.4 Å². The van der Waals surface area contributed by atoms with Gasteiger partial charge in [0.15, 0.2) is 0 Å². The normalized spacial score (nSPS) is 10.5. The van der Waals surface area contributed by atoms with E-state index < -0.39 is 0 Å². The van der Waals surface area contributed by atoms with Gasteiger partial charge in [0.25, 0.3) is 0 Å². The standard InChI is InChI=1S/C18H10N2.Y/c1-2-4-17-16(3-1)11-20-12-18(17)14-5-6-15-10-19-8-7-13(15)9-14;/h1-8,10-11H;/q-2;. The van der Waals surface area contributed by atoms with E-state index in [0.717, 1.165) is 32.7 Å². The molecule has 0 atom stereocenters. The first-order valence-electron chi connectivity index (χ1n) is 6.44. The van der Waals surface area contributed by atoms with Crippen molar-refractivity contribution in [3.8, 4) is 11.1 Å². The Morgan fingerprint density at radius 1 is 0.857 bits per heavy atom. The average molecular weight is 343 g/mol. The van der Waals surface area contributed by atoms with Crippen molar-refractivity contribution in [3.05, 3.63) is 73.3 Å². The Bertz CT molecular complexity index is 913. The second kappa shape index (κ2) is 6.01. The minimum atomic E-state index is 0. The van der Waals surface area contributed by atoms with Gasteiger partial charge < -0.3 is 4.98 Å². The van der Waals surface area contributed by atoms with Crippen molar-refractivity contribution in [3.63, 3.8) is 0 Å². The smallest absolute Gasteiger partial charge is 0 e. The van der Waals surface area contributed by atoms with Crippen molar-refractivity contribution in [1.29, 1.82) is 0 Å². The van der Waals surface area contributed by atoms with Crippen LogP contribution in [0, 0.1) is 12.3 Å². The van der Waals surface area contributed by atoms with Crippen molar-refractivity contribution < 1.29 is 32.7 Å². The summed E-state index contributed by atoms with van der Waals surface area (Å²) >= 11 is 0. The summed E-state index contributed by atoms with van der Waals surface area (Å²) in [7, 11) is 0. The molecule has 0 saturated heterocycles. The van der Waals surface area contributed by atoms with Gasteiger partial charge in [-0.3, -0.25) is 4.98 Å². The molecule has 3 heteroatoms. The monoisotopic (exact) mass is 343 g/mol. The average Bonchev–Trinajstić information content (AvgIpc) is 2.54. The number of nitrogens with zero attached hydrogens (tertiary/aromatic N) is 2. The summed E-state index contributed by atoms with van der Waals surface area (Å²) in [5.41, 5.74) is 2.00. The summed E-state index contributed by atoms with van der Waals surface area (Å²) in [4.78, 5) is 8.34. The van der Waals surface area contributed by atoms with E-state index in [0.29, 0.717) is 0 Å². The summed E-state index contributed by atoms with van der Waals surface area (Å²) in [5.74, 6) is 0. The number of hydrogen-bond acceptors (Lipinski definition) is 2. The Morgan fingerprint density at radius 2 is 1.76 bits per heavy atom. The first kappa shape index (κ1) is 14.3. The molecule has 1 radical (unpaired) electrons. The van der Waals surface area contributed by atoms with Crippen LogP contribution in [0.3, 0.4) is 0 Å². The molecule has 4 rings (SSSR count). The molecule has 0 amide bonds. The molecular formula is C18H10N2Y-2. The molecule has 0 aliphatic rings. The van der Waals surface area contributed by atoms with Crippen LogP contribution in [-0.4, -0.2) is 9.97 Å². The maximum atomic E-state index is 4.21. The molecule has 0 aliphatic carbocycles. The van der Waals surface area contributed by atoms with Crippen molar-refractivity contribution in [2.24, 2.45) is 0 Å². The number of aromatic nitrogens is 2. The molecule has 0 spiro atoms. The Kier molecular flexibility index (Phi) is 4.09. The van der Waals surface area contributed by atoms with Gasteiger partial charge in [-0.15, -0.1) is 29.0 Å². The zero-order valence-corrected chi connectivity index (χ0v) is 14.1. The van der Waals surface area contributed by atoms with Crippen molar-refractivity contribution in [1.82, 2.24) is 9.97 Å². The van der Waals surface area contributed by atoms with Crippen LogP contribution in [0.25, 0.3) is 32.7 Å². The van der Waals surface area contributed by atoms with Gasteiger partial charge in [-0.25, -0.2) is 0 Å². The minimum absolute atomic E-state index is 0. The fraction of sp³-hybridized carbons (Fsp3) is 0. The maximum absolute atomic E-state index is 4.21. The maximum Gasteiger partial charge on any atom is 0 e. The molecule has 0 bridgehead atoms. The van der Waals surface area contributed by atoms with Gasteiger partial charge in [0.2, 0.25) is 0 Å². The molecule has 0 saturated carbocycles. The second-order valence-corrected chi connectivity index (χ2v) is 4.67. The van der Waals surface area contributed by atoms with Crippen molar-refractivity contribution in [2.45, 2.75) is 0 Å². The van der Waals surface area contributed by atoms with Crippen LogP contribution >= 0.6 is 0 Å². The third-order valence-corrected chi connectivity index (χ3v) is 3.43. The predicted octanol–water partition coefficient (Wildman–Crippen LogP) is 4.05. The summed E-state index contributed by atoms with van der Waals surface area (Å²) in [6.07, 6.45) is 8.57. The van der Waals surface area contributed by atoms with Crippen LogP contribution in [0.15, 0.2) is 61.1 Å². The molecule has 97 valence electrons. The van der Waals surface area contributed by atoms with Crippen LogP contribution in [0.5, 0.6) is 0 Å². The first-order chi connectivity index (χ1) is 9.92. The molecular weight excluding hydrogens is 333 g/mol. The van der Waals surface area contributed by atoms with Gasteiger partial charge in [0, 0.05) is 32.7 Å².